The van der Waals surface area contributed by atoms with Gasteiger partial charge in [-0.05, 0) is 43.1 Å². The van der Waals surface area contributed by atoms with Gasteiger partial charge in [-0.3, -0.25) is 0 Å². The summed E-state index contributed by atoms with van der Waals surface area (Å²) in [7, 11) is 0. The summed E-state index contributed by atoms with van der Waals surface area (Å²) >= 11 is 5.88. The highest BCUT2D eigenvalue weighted by Crippen LogP contribution is 2.48. The molecular formula is C12H13ClFNO. The van der Waals surface area contributed by atoms with Crippen molar-refractivity contribution in [2.45, 2.75) is 0 Å². The van der Waals surface area contributed by atoms with E-state index in [0.717, 1.165) is 24.9 Å². The third-order valence-electron chi connectivity index (χ3n) is 3.59. The van der Waals surface area contributed by atoms with E-state index in [2.05, 4.69) is 5.32 Å². The second-order valence-electron chi connectivity index (χ2n) is 4.54. The summed E-state index contributed by atoms with van der Waals surface area (Å²) in [6.07, 6.45) is 0. The van der Waals surface area contributed by atoms with Crippen LogP contribution < -0.4 is 10.1 Å². The SMILES string of the molecule is Fc1ccc(OCC2C3CNCC32)c(Cl)c1. The molecule has 1 aliphatic heterocycles. The Morgan fingerprint density at radius 2 is 2.12 bits per heavy atom. The predicted octanol–water partition coefficient (Wildman–Crippen LogP) is 2.32. The molecule has 2 unspecified atom stereocenters. The Morgan fingerprint density at radius 1 is 1.38 bits per heavy atom. The number of halogens is 2. The van der Waals surface area contributed by atoms with Crippen molar-refractivity contribution >= 4 is 11.6 Å². The second-order valence-corrected chi connectivity index (χ2v) is 4.94. The highest BCUT2D eigenvalue weighted by atomic mass is 35.5. The molecule has 1 heterocycles. The van der Waals surface area contributed by atoms with E-state index < -0.39 is 0 Å². The van der Waals surface area contributed by atoms with Crippen molar-refractivity contribution in [1.29, 1.82) is 0 Å². The number of nitrogens with one attached hydrogen (secondary N) is 1. The quantitative estimate of drug-likeness (QED) is 0.877. The molecule has 2 aliphatic rings. The number of ether oxygens (including phenoxy) is 1. The highest BCUT2D eigenvalue weighted by molar-refractivity contribution is 6.32. The molecule has 4 heteroatoms. The highest BCUT2D eigenvalue weighted by Gasteiger charge is 2.52. The molecule has 0 radical (unpaired) electrons. The van der Waals surface area contributed by atoms with E-state index in [1.54, 1.807) is 6.07 Å². The first-order valence-corrected chi connectivity index (χ1v) is 5.92. The third kappa shape index (κ3) is 1.78. The van der Waals surface area contributed by atoms with Crippen LogP contribution in [0.4, 0.5) is 4.39 Å². The Hall–Kier alpha value is -0.800. The minimum absolute atomic E-state index is 0.329. The average Bonchev–Trinajstić information content (AvgIpc) is 2.71. The molecule has 0 bridgehead atoms. The lowest BCUT2D eigenvalue weighted by atomic mass is 10.3. The number of piperidine rings is 1. The molecule has 1 N–H and O–H groups in total. The molecule has 2 atom stereocenters. The summed E-state index contributed by atoms with van der Waals surface area (Å²) in [5.41, 5.74) is 0. The van der Waals surface area contributed by atoms with Crippen LogP contribution in [-0.4, -0.2) is 19.7 Å². The Labute approximate surface area is 98.7 Å². The summed E-state index contributed by atoms with van der Waals surface area (Å²) in [4.78, 5) is 0. The molecule has 0 amide bonds. The number of benzene rings is 1. The van der Waals surface area contributed by atoms with Crippen molar-refractivity contribution < 1.29 is 9.13 Å². The minimum atomic E-state index is -0.329. The largest absolute Gasteiger partial charge is 0.492 e. The predicted molar refractivity (Wildman–Crippen MR) is 60.2 cm³/mol. The van der Waals surface area contributed by atoms with Crippen molar-refractivity contribution in [3.05, 3.63) is 29.0 Å². The van der Waals surface area contributed by atoms with E-state index in [9.17, 15) is 4.39 Å². The van der Waals surface area contributed by atoms with Gasteiger partial charge in [-0.15, -0.1) is 0 Å². The van der Waals surface area contributed by atoms with E-state index in [-0.39, 0.29) is 5.82 Å². The summed E-state index contributed by atoms with van der Waals surface area (Å²) in [6.45, 7) is 2.91. The molecule has 0 aromatic heterocycles. The van der Waals surface area contributed by atoms with Gasteiger partial charge in [-0.2, -0.15) is 0 Å². The minimum Gasteiger partial charge on any atom is -0.492 e. The molecule has 3 rings (SSSR count). The molecule has 16 heavy (non-hydrogen) atoms. The molecule has 86 valence electrons. The van der Waals surface area contributed by atoms with Gasteiger partial charge >= 0.3 is 0 Å². The molecule has 1 aliphatic carbocycles. The van der Waals surface area contributed by atoms with Gasteiger partial charge in [0.15, 0.2) is 0 Å². The number of rotatable bonds is 3. The average molecular weight is 242 g/mol. The maximum Gasteiger partial charge on any atom is 0.138 e. The van der Waals surface area contributed by atoms with E-state index in [4.69, 9.17) is 16.3 Å². The lowest BCUT2D eigenvalue weighted by Gasteiger charge is -2.09. The molecule has 1 aromatic carbocycles. The van der Waals surface area contributed by atoms with Gasteiger partial charge in [0.05, 0.1) is 11.6 Å². The Kier molecular flexibility index (Phi) is 2.52. The topological polar surface area (TPSA) is 21.3 Å². The molecule has 1 saturated heterocycles. The van der Waals surface area contributed by atoms with E-state index >= 15 is 0 Å². The lowest BCUT2D eigenvalue weighted by molar-refractivity contribution is 0.280. The first kappa shape index (κ1) is 10.4. The molecule has 2 nitrogen and oxygen atoms in total. The zero-order valence-corrected chi connectivity index (χ0v) is 9.51. The van der Waals surface area contributed by atoms with Crippen LogP contribution in [0.1, 0.15) is 0 Å². The van der Waals surface area contributed by atoms with Gasteiger partial charge in [0.1, 0.15) is 11.6 Å². The van der Waals surface area contributed by atoms with Crippen molar-refractivity contribution in [3.8, 4) is 5.75 Å². The van der Waals surface area contributed by atoms with Crippen molar-refractivity contribution in [3.63, 3.8) is 0 Å². The number of fused-ring (bicyclic) bond motifs is 1. The molecular weight excluding hydrogens is 229 g/mol. The first-order valence-electron chi connectivity index (χ1n) is 5.54. The van der Waals surface area contributed by atoms with Crippen LogP contribution in [0.25, 0.3) is 0 Å². The summed E-state index contributed by atoms with van der Waals surface area (Å²) in [5, 5.41) is 3.69. The van der Waals surface area contributed by atoms with Gasteiger partial charge in [-0.25, -0.2) is 4.39 Å². The zero-order chi connectivity index (χ0) is 11.1. The summed E-state index contributed by atoms with van der Waals surface area (Å²) in [5.74, 6) is 2.46. The van der Waals surface area contributed by atoms with Crippen LogP contribution in [-0.2, 0) is 0 Å². The van der Waals surface area contributed by atoms with Crippen molar-refractivity contribution in [2.75, 3.05) is 19.7 Å². The van der Waals surface area contributed by atoms with Crippen LogP contribution >= 0.6 is 11.6 Å². The fourth-order valence-corrected chi connectivity index (χ4v) is 2.79. The van der Waals surface area contributed by atoms with Crippen molar-refractivity contribution in [1.82, 2.24) is 5.32 Å². The Balaban J connectivity index is 1.59. The molecule has 1 saturated carbocycles. The third-order valence-corrected chi connectivity index (χ3v) is 3.89. The van der Waals surface area contributed by atoms with Crippen LogP contribution in [0.2, 0.25) is 5.02 Å². The van der Waals surface area contributed by atoms with Gasteiger partial charge in [0.25, 0.3) is 0 Å². The first-order chi connectivity index (χ1) is 7.75. The molecule has 2 fully saturated rings. The van der Waals surface area contributed by atoms with Crippen LogP contribution in [0.3, 0.4) is 0 Å². The monoisotopic (exact) mass is 241 g/mol. The van der Waals surface area contributed by atoms with E-state index in [1.165, 1.54) is 12.1 Å². The fourth-order valence-electron chi connectivity index (χ4n) is 2.57. The standard InChI is InChI=1S/C12H13ClFNO/c13-11-3-7(14)1-2-12(11)16-6-10-8-4-15-5-9(8)10/h1-3,8-10,15H,4-6H2. The van der Waals surface area contributed by atoms with Crippen LogP contribution in [0.15, 0.2) is 18.2 Å². The van der Waals surface area contributed by atoms with E-state index in [0.29, 0.717) is 23.3 Å². The number of hydrogen-bond donors (Lipinski definition) is 1. The molecule has 1 aromatic rings. The summed E-state index contributed by atoms with van der Waals surface area (Å²) < 4.78 is 18.4. The van der Waals surface area contributed by atoms with Gasteiger partial charge < -0.3 is 10.1 Å². The van der Waals surface area contributed by atoms with Crippen molar-refractivity contribution in [2.24, 2.45) is 17.8 Å². The zero-order valence-electron chi connectivity index (χ0n) is 8.75. The van der Waals surface area contributed by atoms with Crippen LogP contribution in [0.5, 0.6) is 5.75 Å². The van der Waals surface area contributed by atoms with Gasteiger partial charge in [0.2, 0.25) is 0 Å². The van der Waals surface area contributed by atoms with Crippen LogP contribution in [0, 0.1) is 23.6 Å². The lowest BCUT2D eigenvalue weighted by Crippen LogP contribution is -2.17. The maximum absolute atomic E-state index is 12.8. The fraction of sp³-hybridized carbons (Fsp3) is 0.500. The second kappa shape index (κ2) is 3.90. The van der Waals surface area contributed by atoms with Gasteiger partial charge in [0, 0.05) is 5.92 Å². The Morgan fingerprint density at radius 3 is 2.81 bits per heavy atom. The molecule has 0 spiro atoms. The smallest absolute Gasteiger partial charge is 0.138 e. The maximum atomic E-state index is 12.8. The summed E-state index contributed by atoms with van der Waals surface area (Å²) in [6, 6.07) is 4.25. The normalized spacial score (nSPS) is 31.2. The van der Waals surface area contributed by atoms with E-state index in [1.807, 2.05) is 0 Å². The Bertz CT molecular complexity index is 402. The van der Waals surface area contributed by atoms with Gasteiger partial charge in [-0.1, -0.05) is 11.6 Å². The number of hydrogen-bond acceptors (Lipinski definition) is 2.